The van der Waals surface area contributed by atoms with Crippen LogP contribution >= 0.6 is 11.5 Å². The van der Waals surface area contributed by atoms with Gasteiger partial charge >= 0.3 is 0 Å². The average Bonchev–Trinajstić information content (AvgIpc) is 2.73. The van der Waals surface area contributed by atoms with E-state index in [2.05, 4.69) is 14.8 Å². The minimum absolute atomic E-state index is 0.247. The van der Waals surface area contributed by atoms with Crippen LogP contribution in [0.4, 0.5) is 5.00 Å². The van der Waals surface area contributed by atoms with Gasteiger partial charge in [-0.3, -0.25) is 0 Å². The van der Waals surface area contributed by atoms with Gasteiger partial charge in [0.25, 0.3) is 0 Å². The Bertz CT molecular complexity index is 556. The monoisotopic (exact) mass is 229 g/mol. The number of aromatic nitrogens is 1. The van der Waals surface area contributed by atoms with Crippen molar-refractivity contribution in [2.75, 3.05) is 0 Å². The molecule has 0 bridgehead atoms. The summed E-state index contributed by atoms with van der Waals surface area (Å²) in [7, 11) is 0. The molecule has 0 fully saturated rings. The molecule has 0 radical (unpaired) electrons. The van der Waals surface area contributed by atoms with Crippen molar-refractivity contribution < 1.29 is 0 Å². The van der Waals surface area contributed by atoms with E-state index in [1.54, 1.807) is 0 Å². The molecule has 0 spiro atoms. The molecule has 78 valence electrons. The smallest absolute Gasteiger partial charge is 0.176 e. The molecule has 5 nitrogen and oxygen atoms in total. The van der Waals surface area contributed by atoms with Crippen LogP contribution in [0.1, 0.15) is 5.56 Å². The van der Waals surface area contributed by atoms with E-state index in [0.29, 0.717) is 5.69 Å². The van der Waals surface area contributed by atoms with E-state index in [4.69, 9.17) is 5.26 Å². The molecule has 1 heterocycles. The lowest BCUT2D eigenvalue weighted by Gasteiger charge is -1.95. The molecule has 0 atom stereocenters. The first-order valence-electron chi connectivity index (χ1n) is 4.35. The normalized spacial score (nSPS) is 10.4. The molecule has 0 saturated carbocycles. The van der Waals surface area contributed by atoms with E-state index < -0.39 is 0 Å². The van der Waals surface area contributed by atoms with Crippen LogP contribution in [-0.2, 0) is 0 Å². The lowest BCUT2D eigenvalue weighted by molar-refractivity contribution is 1.26. The van der Waals surface area contributed by atoms with Crippen LogP contribution in [0.15, 0.2) is 40.7 Å². The van der Waals surface area contributed by atoms with Gasteiger partial charge in [0.05, 0.1) is 0 Å². The number of nitrogens with zero attached hydrogens (tertiary/aromatic N) is 4. The number of hydrogen-bond donors (Lipinski definition) is 0. The highest BCUT2D eigenvalue weighted by molar-refractivity contribution is 7.10. The summed E-state index contributed by atoms with van der Waals surface area (Å²) in [6.45, 7) is 0. The topological polar surface area (TPSA) is 84.5 Å². The van der Waals surface area contributed by atoms with Crippen molar-refractivity contribution in [2.24, 2.45) is 10.4 Å². The van der Waals surface area contributed by atoms with Crippen LogP contribution in [0.3, 0.4) is 0 Å². The Labute approximate surface area is 95.4 Å². The van der Waals surface area contributed by atoms with Crippen LogP contribution in [-0.4, -0.2) is 4.37 Å². The van der Waals surface area contributed by atoms with Gasteiger partial charge in [-0.25, -0.2) is 5.28 Å². The molecule has 0 aliphatic heterocycles. The minimum atomic E-state index is 0.247. The van der Waals surface area contributed by atoms with Gasteiger partial charge in [0, 0.05) is 5.56 Å². The molecule has 0 amide bonds. The quantitative estimate of drug-likeness (QED) is 0.585. The van der Waals surface area contributed by atoms with Gasteiger partial charge in [0.2, 0.25) is 0 Å². The Hall–Kier alpha value is -2.26. The second-order valence-corrected chi connectivity index (χ2v) is 3.62. The number of rotatable bonds is 2. The van der Waals surface area contributed by atoms with Crippen LogP contribution in [0, 0.1) is 16.5 Å². The van der Waals surface area contributed by atoms with Gasteiger partial charge in [0.1, 0.15) is 17.3 Å². The van der Waals surface area contributed by atoms with Crippen LogP contribution in [0.2, 0.25) is 0 Å². The second-order valence-electron chi connectivity index (χ2n) is 2.87. The van der Waals surface area contributed by atoms with Crippen molar-refractivity contribution in [3.63, 3.8) is 0 Å². The Morgan fingerprint density at radius 3 is 2.69 bits per heavy atom. The molecule has 0 aliphatic rings. The molecule has 1 aromatic carbocycles. The number of benzene rings is 1. The van der Waals surface area contributed by atoms with Crippen molar-refractivity contribution in [3.8, 4) is 17.3 Å². The fourth-order valence-electron chi connectivity index (χ4n) is 1.28. The second kappa shape index (κ2) is 4.51. The van der Waals surface area contributed by atoms with Crippen LogP contribution in [0.25, 0.3) is 11.3 Å². The Morgan fingerprint density at radius 1 is 1.31 bits per heavy atom. The van der Waals surface area contributed by atoms with Crippen LogP contribution < -0.4 is 0 Å². The molecule has 2 aromatic rings. The van der Waals surface area contributed by atoms with Gasteiger partial charge in [-0.2, -0.15) is 9.64 Å². The molecular formula is C10H5N4OS-. The molecule has 0 aliphatic carbocycles. The molecule has 0 N–H and O–H groups in total. The molecule has 2 rings (SSSR count). The van der Waals surface area contributed by atoms with E-state index in [-0.39, 0.29) is 10.6 Å². The number of nitriles is 1. The maximum absolute atomic E-state index is 10.0. The fourth-order valence-corrected chi connectivity index (χ4v) is 1.96. The summed E-state index contributed by atoms with van der Waals surface area (Å²) in [5.74, 6) is 0. The Morgan fingerprint density at radius 2 is 2.06 bits per heavy atom. The first-order chi connectivity index (χ1) is 7.86. The van der Waals surface area contributed by atoms with Crippen molar-refractivity contribution >= 4 is 16.5 Å². The third-order valence-corrected chi connectivity index (χ3v) is 2.70. The predicted molar refractivity (Wildman–Crippen MR) is 60.1 cm³/mol. The molecule has 16 heavy (non-hydrogen) atoms. The summed E-state index contributed by atoms with van der Waals surface area (Å²) in [6.07, 6.45) is 0. The summed E-state index contributed by atoms with van der Waals surface area (Å²) >= 11 is 0.987. The molecule has 0 unspecified atom stereocenters. The van der Waals surface area contributed by atoms with E-state index in [1.807, 2.05) is 36.4 Å². The predicted octanol–water partition coefficient (Wildman–Crippen LogP) is 3.26. The summed E-state index contributed by atoms with van der Waals surface area (Å²) in [4.78, 5) is 0. The van der Waals surface area contributed by atoms with Crippen molar-refractivity contribution in [1.82, 2.24) is 4.37 Å². The third-order valence-electron chi connectivity index (χ3n) is 1.96. The lowest BCUT2D eigenvalue weighted by atomic mass is 10.1. The zero-order chi connectivity index (χ0) is 11.4. The van der Waals surface area contributed by atoms with Crippen molar-refractivity contribution in [1.29, 1.82) is 5.26 Å². The molecule has 1 aromatic heterocycles. The Balaban J connectivity index is 2.56. The zero-order valence-corrected chi connectivity index (χ0v) is 8.81. The first kappa shape index (κ1) is 10.3. The standard InChI is InChI=1S/C10H6N4OS/c11-6-8-9(7-4-2-1-3-5-7)13-16-10(8)12-14-15/h1-5H,(H,12,15)/p-1. The van der Waals surface area contributed by atoms with Gasteiger partial charge in [0.15, 0.2) is 5.00 Å². The van der Waals surface area contributed by atoms with Gasteiger partial charge < -0.3 is 5.21 Å². The van der Waals surface area contributed by atoms with Crippen molar-refractivity contribution in [2.45, 2.75) is 0 Å². The maximum atomic E-state index is 10.0. The highest BCUT2D eigenvalue weighted by atomic mass is 32.1. The number of hydrogen-bond acceptors (Lipinski definition) is 6. The summed E-state index contributed by atoms with van der Waals surface area (Å²) in [6, 6.07) is 11.2. The SMILES string of the molecule is N#Cc1c(-c2ccccc2)nsc1/N=N/[O-]. The Kier molecular flexibility index (Phi) is 2.89. The minimum Gasteiger partial charge on any atom is -0.775 e. The third kappa shape index (κ3) is 1.76. The van der Waals surface area contributed by atoms with Gasteiger partial charge in [-0.15, -0.1) is 5.11 Å². The maximum Gasteiger partial charge on any atom is 0.176 e. The van der Waals surface area contributed by atoms with E-state index in [0.717, 1.165) is 17.1 Å². The van der Waals surface area contributed by atoms with Gasteiger partial charge in [-0.1, -0.05) is 30.3 Å². The van der Waals surface area contributed by atoms with Crippen LogP contribution in [0.5, 0.6) is 0 Å². The molecule has 6 heteroatoms. The summed E-state index contributed by atoms with van der Waals surface area (Å²) in [5.41, 5.74) is 1.65. The highest BCUT2D eigenvalue weighted by Crippen LogP contribution is 2.33. The van der Waals surface area contributed by atoms with E-state index >= 15 is 0 Å². The van der Waals surface area contributed by atoms with Gasteiger partial charge in [-0.05, 0) is 11.5 Å². The summed E-state index contributed by atoms with van der Waals surface area (Å²) in [5, 5.41) is 25.0. The largest absolute Gasteiger partial charge is 0.775 e. The molecule has 0 saturated heterocycles. The lowest BCUT2D eigenvalue weighted by Crippen LogP contribution is -1.80. The highest BCUT2D eigenvalue weighted by Gasteiger charge is 2.14. The first-order valence-corrected chi connectivity index (χ1v) is 5.12. The van der Waals surface area contributed by atoms with Crippen molar-refractivity contribution in [3.05, 3.63) is 41.1 Å². The zero-order valence-electron chi connectivity index (χ0n) is 7.99. The molecular weight excluding hydrogens is 224 g/mol. The fraction of sp³-hybridized carbons (Fsp3) is 0. The summed E-state index contributed by atoms with van der Waals surface area (Å²) < 4.78 is 4.10. The van der Waals surface area contributed by atoms with E-state index in [9.17, 15) is 5.21 Å². The van der Waals surface area contributed by atoms with E-state index in [1.165, 1.54) is 0 Å². The average molecular weight is 229 g/mol.